The number of nitrogens with zero attached hydrogens (tertiary/aromatic N) is 3. The van der Waals surface area contributed by atoms with Crippen LogP contribution in [0.15, 0.2) is 47.2 Å². The normalized spacial score (nSPS) is 27.0. The monoisotopic (exact) mass is 400 g/mol. The third-order valence-corrected chi connectivity index (χ3v) is 6.46. The van der Waals surface area contributed by atoms with Crippen LogP contribution >= 0.6 is 23.2 Å². The maximum atomic E-state index is 6.29. The van der Waals surface area contributed by atoms with Gasteiger partial charge >= 0.3 is 0 Å². The van der Waals surface area contributed by atoms with Crippen LogP contribution in [0.3, 0.4) is 0 Å². The molecule has 2 aromatic heterocycles. The van der Waals surface area contributed by atoms with Gasteiger partial charge in [-0.2, -0.15) is 4.98 Å². The van der Waals surface area contributed by atoms with Gasteiger partial charge < -0.3 is 9.84 Å². The lowest BCUT2D eigenvalue weighted by molar-refractivity contribution is 0.254. The highest BCUT2D eigenvalue weighted by Gasteiger charge is 2.45. The number of nitrogens with one attached hydrogen (secondary N) is 1. The van der Waals surface area contributed by atoms with Crippen molar-refractivity contribution in [3.05, 3.63) is 64.2 Å². The van der Waals surface area contributed by atoms with Crippen molar-refractivity contribution < 1.29 is 4.52 Å². The fourth-order valence-electron chi connectivity index (χ4n) is 4.47. The van der Waals surface area contributed by atoms with E-state index in [4.69, 9.17) is 32.7 Å². The molecular weight excluding hydrogens is 383 g/mol. The zero-order valence-corrected chi connectivity index (χ0v) is 16.0. The number of pyridine rings is 1. The summed E-state index contributed by atoms with van der Waals surface area (Å²) in [5.74, 6) is 1.66. The molecule has 1 N–H and O–H groups in total. The van der Waals surface area contributed by atoms with E-state index in [1.807, 2.05) is 24.3 Å². The van der Waals surface area contributed by atoms with Crippen LogP contribution in [0.2, 0.25) is 10.0 Å². The van der Waals surface area contributed by atoms with E-state index in [1.54, 1.807) is 12.4 Å². The highest BCUT2D eigenvalue weighted by molar-refractivity contribution is 6.42. The van der Waals surface area contributed by atoms with E-state index in [2.05, 4.69) is 21.5 Å². The quantitative estimate of drug-likeness (QED) is 0.681. The SMILES string of the molecule is Clc1ccc([C@H]2CC3CC[C@@H](N3)[C@@H]2c2nc(-c3ccncc3)no2)cc1Cl. The van der Waals surface area contributed by atoms with Crippen LogP contribution in [0.25, 0.3) is 11.4 Å². The molecule has 0 saturated carbocycles. The molecule has 5 nitrogen and oxygen atoms in total. The summed E-state index contributed by atoms with van der Waals surface area (Å²) >= 11 is 12.4. The first-order chi connectivity index (χ1) is 13.2. The highest BCUT2D eigenvalue weighted by Crippen LogP contribution is 2.47. The molecule has 2 aliphatic heterocycles. The molecule has 7 heteroatoms. The van der Waals surface area contributed by atoms with Crippen molar-refractivity contribution in [2.24, 2.45) is 0 Å². The predicted octanol–water partition coefficient (Wildman–Crippen LogP) is 4.83. The standard InChI is InChI=1S/C20H18Cl2N4O/c21-15-3-1-12(9-16(15)22)14-10-13-2-4-17(24-13)18(14)20-25-19(26-27-20)11-5-7-23-8-6-11/h1,3,5-9,13-14,17-18,24H,2,4,10H2/t13?,14-,17-,18-/m1/s1. The number of piperidine rings is 1. The van der Waals surface area contributed by atoms with Crippen LogP contribution in [0.1, 0.15) is 42.6 Å². The molecule has 0 spiro atoms. The molecule has 3 aromatic rings. The Balaban J connectivity index is 1.53. The van der Waals surface area contributed by atoms with Crippen molar-refractivity contribution in [3.8, 4) is 11.4 Å². The Morgan fingerprint density at radius 1 is 1.04 bits per heavy atom. The Morgan fingerprint density at radius 3 is 2.70 bits per heavy atom. The van der Waals surface area contributed by atoms with Gasteiger partial charge in [-0.05, 0) is 55.0 Å². The highest BCUT2D eigenvalue weighted by atomic mass is 35.5. The molecule has 27 heavy (non-hydrogen) atoms. The Kier molecular flexibility index (Phi) is 4.38. The number of rotatable bonds is 3. The lowest BCUT2D eigenvalue weighted by Crippen LogP contribution is -2.43. The molecule has 5 rings (SSSR count). The molecule has 2 bridgehead atoms. The minimum absolute atomic E-state index is 0.115. The van der Waals surface area contributed by atoms with Crippen molar-refractivity contribution in [2.45, 2.75) is 43.2 Å². The van der Waals surface area contributed by atoms with Crippen LogP contribution in [-0.2, 0) is 0 Å². The van der Waals surface area contributed by atoms with Crippen molar-refractivity contribution in [1.82, 2.24) is 20.4 Å². The Bertz CT molecular complexity index is 962. The zero-order chi connectivity index (χ0) is 18.4. The van der Waals surface area contributed by atoms with Crippen LogP contribution in [-0.4, -0.2) is 27.2 Å². The first-order valence-electron chi connectivity index (χ1n) is 9.14. The van der Waals surface area contributed by atoms with Crippen molar-refractivity contribution in [3.63, 3.8) is 0 Å². The zero-order valence-electron chi connectivity index (χ0n) is 14.5. The van der Waals surface area contributed by atoms with Gasteiger partial charge in [-0.1, -0.05) is 34.4 Å². The van der Waals surface area contributed by atoms with Gasteiger partial charge in [0.2, 0.25) is 11.7 Å². The first-order valence-corrected chi connectivity index (χ1v) is 9.89. The number of fused-ring (bicyclic) bond motifs is 2. The second-order valence-corrected chi connectivity index (χ2v) is 8.10. The molecule has 2 saturated heterocycles. The molecule has 1 unspecified atom stereocenters. The number of halogens is 2. The topological polar surface area (TPSA) is 63.8 Å². The van der Waals surface area contributed by atoms with Crippen molar-refractivity contribution in [2.75, 3.05) is 0 Å². The second-order valence-electron chi connectivity index (χ2n) is 7.28. The van der Waals surface area contributed by atoms with E-state index in [0.717, 1.165) is 18.4 Å². The van der Waals surface area contributed by atoms with Gasteiger partial charge in [0.1, 0.15) is 0 Å². The average molecular weight is 401 g/mol. The number of benzene rings is 1. The molecular formula is C20H18Cl2N4O. The maximum Gasteiger partial charge on any atom is 0.232 e. The van der Waals surface area contributed by atoms with Gasteiger partial charge in [-0.15, -0.1) is 0 Å². The minimum atomic E-state index is 0.115. The average Bonchev–Trinajstić information content (AvgIpc) is 3.32. The van der Waals surface area contributed by atoms with Crippen LogP contribution in [0.5, 0.6) is 0 Å². The van der Waals surface area contributed by atoms with Gasteiger partial charge in [0.05, 0.1) is 16.0 Å². The van der Waals surface area contributed by atoms with E-state index in [0.29, 0.717) is 33.8 Å². The summed E-state index contributed by atoms with van der Waals surface area (Å²) in [6.07, 6.45) is 6.76. The van der Waals surface area contributed by atoms with E-state index >= 15 is 0 Å². The number of hydrogen-bond acceptors (Lipinski definition) is 5. The summed E-state index contributed by atoms with van der Waals surface area (Å²) < 4.78 is 5.73. The fourth-order valence-corrected chi connectivity index (χ4v) is 4.78. The fraction of sp³-hybridized carbons (Fsp3) is 0.350. The summed E-state index contributed by atoms with van der Waals surface area (Å²) in [6.45, 7) is 0. The Labute approximate surface area is 167 Å². The van der Waals surface area contributed by atoms with Crippen LogP contribution < -0.4 is 5.32 Å². The van der Waals surface area contributed by atoms with Gasteiger partial charge in [-0.3, -0.25) is 4.98 Å². The third kappa shape index (κ3) is 3.14. The minimum Gasteiger partial charge on any atom is -0.339 e. The largest absolute Gasteiger partial charge is 0.339 e. The summed E-state index contributed by atoms with van der Waals surface area (Å²) in [4.78, 5) is 8.78. The lowest BCUT2D eigenvalue weighted by Gasteiger charge is -2.36. The Hall–Kier alpha value is -1.95. The van der Waals surface area contributed by atoms with Gasteiger partial charge in [0, 0.05) is 30.0 Å². The molecule has 4 atom stereocenters. The number of hydrogen-bond donors (Lipinski definition) is 1. The molecule has 2 fully saturated rings. The predicted molar refractivity (Wildman–Crippen MR) is 104 cm³/mol. The van der Waals surface area contributed by atoms with Crippen LogP contribution in [0.4, 0.5) is 0 Å². The van der Waals surface area contributed by atoms with Gasteiger partial charge in [0.25, 0.3) is 0 Å². The van der Waals surface area contributed by atoms with E-state index in [1.165, 1.54) is 12.0 Å². The maximum absolute atomic E-state index is 6.29. The summed E-state index contributed by atoms with van der Waals surface area (Å²) in [5.41, 5.74) is 2.08. The molecule has 138 valence electrons. The van der Waals surface area contributed by atoms with Crippen molar-refractivity contribution >= 4 is 23.2 Å². The van der Waals surface area contributed by atoms with Gasteiger partial charge in [-0.25, -0.2) is 0 Å². The molecule has 1 aromatic carbocycles. The van der Waals surface area contributed by atoms with E-state index < -0.39 is 0 Å². The second kappa shape index (κ2) is 6.89. The number of aromatic nitrogens is 3. The molecule has 2 aliphatic rings. The van der Waals surface area contributed by atoms with Crippen molar-refractivity contribution in [1.29, 1.82) is 0 Å². The summed E-state index contributed by atoms with van der Waals surface area (Å²) in [5, 5.41) is 9.09. The van der Waals surface area contributed by atoms with E-state index in [9.17, 15) is 0 Å². The van der Waals surface area contributed by atoms with E-state index in [-0.39, 0.29) is 11.8 Å². The third-order valence-electron chi connectivity index (χ3n) is 5.72. The van der Waals surface area contributed by atoms with Crippen LogP contribution in [0, 0.1) is 0 Å². The molecule has 4 heterocycles. The lowest BCUT2D eigenvalue weighted by atomic mass is 9.77. The summed E-state index contributed by atoms with van der Waals surface area (Å²) in [6, 6.07) is 10.5. The summed E-state index contributed by atoms with van der Waals surface area (Å²) in [7, 11) is 0. The smallest absolute Gasteiger partial charge is 0.232 e. The van der Waals surface area contributed by atoms with Gasteiger partial charge in [0.15, 0.2) is 0 Å². The first kappa shape index (κ1) is 17.2. The molecule has 0 aliphatic carbocycles. The molecule has 0 amide bonds. The molecule has 0 radical (unpaired) electrons. The Morgan fingerprint density at radius 2 is 1.89 bits per heavy atom.